The third-order valence-corrected chi connectivity index (χ3v) is 1.19. The van der Waals surface area contributed by atoms with E-state index in [1.165, 1.54) is 0 Å². The first kappa shape index (κ1) is 9.42. The number of carbonyl (C=O) groups excluding carboxylic acids is 1. The zero-order valence-corrected chi connectivity index (χ0v) is 5.91. The summed E-state index contributed by atoms with van der Waals surface area (Å²) < 4.78 is 0. The molecule has 0 fully saturated rings. The molecule has 0 spiro atoms. The van der Waals surface area contributed by atoms with Crippen LogP contribution in [0.1, 0.15) is 0 Å². The molecule has 11 heavy (non-hydrogen) atoms. The van der Waals surface area contributed by atoms with E-state index in [2.05, 4.69) is 13.2 Å². The maximum Gasteiger partial charge on any atom is 0.332 e. The van der Waals surface area contributed by atoms with Crippen LogP contribution in [0.2, 0.25) is 0 Å². The van der Waals surface area contributed by atoms with Gasteiger partial charge < -0.3 is 10.8 Å². The number of aliphatic carboxylic acids is 1. The van der Waals surface area contributed by atoms with Crippen LogP contribution in [0, 0.1) is 5.92 Å². The fourth-order valence-electron chi connectivity index (χ4n) is 0.563. The Morgan fingerprint density at radius 3 is 2.09 bits per heavy atom. The van der Waals surface area contributed by atoms with Crippen LogP contribution in [0.5, 0.6) is 0 Å². The minimum absolute atomic E-state index is 0.257. The standard InChI is InChI=1S/C7H9NO3/c1-3-5(6(8)9)4(2)7(10)11/h3,5H,1-2H2,(H2,8,9)(H,10,11). The molecule has 1 atom stereocenters. The molecule has 0 aliphatic heterocycles. The van der Waals surface area contributed by atoms with Crippen molar-refractivity contribution < 1.29 is 14.7 Å². The zero-order chi connectivity index (χ0) is 9.02. The summed E-state index contributed by atoms with van der Waals surface area (Å²) in [5.41, 5.74) is 4.59. The highest BCUT2D eigenvalue weighted by Gasteiger charge is 2.19. The molecule has 0 saturated carbocycles. The lowest BCUT2D eigenvalue weighted by Crippen LogP contribution is -2.25. The fourth-order valence-corrected chi connectivity index (χ4v) is 0.563. The summed E-state index contributed by atoms with van der Waals surface area (Å²) in [6.45, 7) is 6.44. The first-order valence-electron chi connectivity index (χ1n) is 2.84. The lowest BCUT2D eigenvalue weighted by Gasteiger charge is -2.05. The molecule has 0 rings (SSSR count). The van der Waals surface area contributed by atoms with Crippen molar-refractivity contribution in [3.8, 4) is 0 Å². The van der Waals surface area contributed by atoms with Crippen molar-refractivity contribution in [3.05, 3.63) is 24.8 Å². The highest BCUT2D eigenvalue weighted by atomic mass is 16.4. The molecule has 0 aliphatic rings. The van der Waals surface area contributed by atoms with Gasteiger partial charge in [-0.2, -0.15) is 0 Å². The lowest BCUT2D eigenvalue weighted by atomic mass is 10.0. The number of carbonyl (C=O) groups is 2. The third kappa shape index (κ3) is 2.25. The average molecular weight is 155 g/mol. The number of primary amides is 1. The molecule has 3 N–H and O–H groups in total. The van der Waals surface area contributed by atoms with Crippen LogP contribution in [0.15, 0.2) is 24.8 Å². The maximum atomic E-state index is 10.5. The summed E-state index contributed by atoms with van der Waals surface area (Å²) in [5.74, 6) is -2.98. The molecule has 0 saturated heterocycles. The van der Waals surface area contributed by atoms with Crippen molar-refractivity contribution in [1.82, 2.24) is 0 Å². The fraction of sp³-hybridized carbons (Fsp3) is 0.143. The van der Waals surface area contributed by atoms with Gasteiger partial charge in [0.2, 0.25) is 5.91 Å². The number of carboxylic acid groups (broad SMARTS) is 1. The average Bonchev–Trinajstić information content (AvgIpc) is 1.88. The Labute approximate surface area is 64.0 Å². The van der Waals surface area contributed by atoms with Gasteiger partial charge in [0, 0.05) is 5.57 Å². The van der Waals surface area contributed by atoms with Crippen molar-refractivity contribution in [1.29, 1.82) is 0 Å². The molecular weight excluding hydrogens is 146 g/mol. The summed E-state index contributed by atoms with van der Waals surface area (Å²) in [6, 6.07) is 0. The molecule has 0 aromatic heterocycles. The van der Waals surface area contributed by atoms with Gasteiger partial charge in [-0.3, -0.25) is 4.79 Å². The molecule has 0 aromatic rings. The monoisotopic (exact) mass is 155 g/mol. The van der Waals surface area contributed by atoms with Crippen molar-refractivity contribution in [2.45, 2.75) is 0 Å². The van der Waals surface area contributed by atoms with Crippen LogP contribution < -0.4 is 5.73 Å². The van der Waals surface area contributed by atoms with Crippen LogP contribution in [0.3, 0.4) is 0 Å². The minimum atomic E-state index is -1.24. The topological polar surface area (TPSA) is 80.4 Å². The number of hydrogen-bond acceptors (Lipinski definition) is 2. The summed E-state index contributed by atoms with van der Waals surface area (Å²) in [6.07, 6.45) is 1.15. The lowest BCUT2D eigenvalue weighted by molar-refractivity contribution is -0.134. The van der Waals surface area contributed by atoms with Gasteiger partial charge in [0.15, 0.2) is 0 Å². The number of hydrogen-bond donors (Lipinski definition) is 2. The Hall–Kier alpha value is -1.58. The van der Waals surface area contributed by atoms with E-state index in [4.69, 9.17) is 10.8 Å². The summed E-state index contributed by atoms with van der Waals surface area (Å²) in [4.78, 5) is 20.8. The Morgan fingerprint density at radius 2 is 2.00 bits per heavy atom. The molecule has 60 valence electrons. The van der Waals surface area contributed by atoms with E-state index in [1.54, 1.807) is 0 Å². The Bertz CT molecular complexity index is 220. The molecule has 0 bridgehead atoms. The van der Waals surface area contributed by atoms with Crippen LogP contribution >= 0.6 is 0 Å². The van der Waals surface area contributed by atoms with E-state index in [9.17, 15) is 9.59 Å². The van der Waals surface area contributed by atoms with E-state index in [-0.39, 0.29) is 5.57 Å². The van der Waals surface area contributed by atoms with Crippen LogP contribution in [-0.4, -0.2) is 17.0 Å². The first-order chi connectivity index (χ1) is 5.00. The molecule has 0 radical (unpaired) electrons. The molecule has 4 heteroatoms. The van der Waals surface area contributed by atoms with Gasteiger partial charge in [-0.05, 0) is 0 Å². The maximum absolute atomic E-state index is 10.5. The van der Waals surface area contributed by atoms with Gasteiger partial charge in [0.25, 0.3) is 0 Å². The zero-order valence-electron chi connectivity index (χ0n) is 5.91. The summed E-state index contributed by atoms with van der Waals surface area (Å²) in [7, 11) is 0. The highest BCUT2D eigenvalue weighted by molar-refractivity contribution is 5.95. The largest absolute Gasteiger partial charge is 0.478 e. The van der Waals surface area contributed by atoms with Crippen LogP contribution in [-0.2, 0) is 9.59 Å². The van der Waals surface area contributed by atoms with Gasteiger partial charge in [-0.15, -0.1) is 6.58 Å². The van der Waals surface area contributed by atoms with Crippen molar-refractivity contribution in [3.63, 3.8) is 0 Å². The highest BCUT2D eigenvalue weighted by Crippen LogP contribution is 2.08. The normalized spacial score (nSPS) is 11.6. The third-order valence-electron chi connectivity index (χ3n) is 1.19. The number of carboxylic acids is 1. The number of rotatable bonds is 4. The molecule has 0 heterocycles. The van der Waals surface area contributed by atoms with Gasteiger partial charge in [0.05, 0.1) is 5.92 Å². The minimum Gasteiger partial charge on any atom is -0.478 e. The molecule has 4 nitrogen and oxygen atoms in total. The van der Waals surface area contributed by atoms with Crippen molar-refractivity contribution >= 4 is 11.9 Å². The smallest absolute Gasteiger partial charge is 0.332 e. The van der Waals surface area contributed by atoms with Crippen LogP contribution in [0.25, 0.3) is 0 Å². The van der Waals surface area contributed by atoms with Gasteiger partial charge >= 0.3 is 5.97 Å². The van der Waals surface area contributed by atoms with Crippen LogP contribution in [0.4, 0.5) is 0 Å². The van der Waals surface area contributed by atoms with Gasteiger partial charge in [-0.1, -0.05) is 12.7 Å². The molecule has 1 unspecified atom stereocenters. The predicted octanol–water partition coefficient (Wildman–Crippen LogP) is -0.0853. The summed E-state index contributed by atoms with van der Waals surface area (Å²) >= 11 is 0. The van der Waals surface area contributed by atoms with E-state index in [0.29, 0.717) is 0 Å². The first-order valence-corrected chi connectivity index (χ1v) is 2.84. The quantitative estimate of drug-likeness (QED) is 0.440. The SMILES string of the molecule is C=CC(C(=C)C(=O)O)C(N)=O. The summed E-state index contributed by atoms with van der Waals surface area (Å²) in [5, 5.41) is 8.38. The Kier molecular flexibility index (Phi) is 3.04. The Balaban J connectivity index is 4.52. The van der Waals surface area contributed by atoms with Gasteiger partial charge in [0.1, 0.15) is 0 Å². The molecule has 0 aromatic carbocycles. The second-order valence-electron chi connectivity index (χ2n) is 1.95. The predicted molar refractivity (Wildman–Crippen MR) is 39.7 cm³/mol. The van der Waals surface area contributed by atoms with Crippen molar-refractivity contribution in [2.75, 3.05) is 0 Å². The molecule has 1 amide bonds. The second-order valence-corrected chi connectivity index (χ2v) is 1.95. The number of amides is 1. The molecule has 0 aliphatic carbocycles. The number of nitrogens with two attached hydrogens (primary N) is 1. The molecular formula is C7H9NO3. The second kappa shape index (κ2) is 3.55. The Morgan fingerprint density at radius 1 is 1.55 bits per heavy atom. The van der Waals surface area contributed by atoms with Gasteiger partial charge in [-0.25, -0.2) is 4.79 Å². The van der Waals surface area contributed by atoms with E-state index < -0.39 is 17.8 Å². The van der Waals surface area contributed by atoms with E-state index in [0.717, 1.165) is 6.08 Å². The van der Waals surface area contributed by atoms with Crippen molar-refractivity contribution in [2.24, 2.45) is 11.7 Å². The van der Waals surface area contributed by atoms with E-state index >= 15 is 0 Å². The van der Waals surface area contributed by atoms with E-state index in [1.807, 2.05) is 0 Å².